The second kappa shape index (κ2) is 8.97. The first-order chi connectivity index (χ1) is 12.0. The van der Waals surface area contributed by atoms with Crippen molar-refractivity contribution in [2.45, 2.75) is 39.7 Å². The van der Waals surface area contributed by atoms with Gasteiger partial charge >= 0.3 is 0 Å². The third kappa shape index (κ3) is 6.03. The van der Waals surface area contributed by atoms with Gasteiger partial charge in [-0.3, -0.25) is 14.6 Å². The zero-order chi connectivity index (χ0) is 18.2. The standard InChI is InChI=1S/C20H25N3O2/c1-15(2)18-4-6-19(7-5-18)22-20(25)10-13-23(16(3)24)14-17-8-11-21-12-9-17/h4-9,11-12,15H,10,13-14H2,1-3H3,(H,22,25). The Morgan fingerprint density at radius 2 is 1.72 bits per heavy atom. The van der Waals surface area contributed by atoms with Gasteiger partial charge in [0, 0.05) is 44.5 Å². The largest absolute Gasteiger partial charge is 0.338 e. The maximum atomic E-state index is 12.2. The number of anilines is 1. The lowest BCUT2D eigenvalue weighted by molar-refractivity contribution is -0.129. The molecule has 0 unspecified atom stereocenters. The van der Waals surface area contributed by atoms with Crippen LogP contribution in [0.15, 0.2) is 48.8 Å². The van der Waals surface area contributed by atoms with Gasteiger partial charge < -0.3 is 10.2 Å². The quantitative estimate of drug-likeness (QED) is 0.838. The summed E-state index contributed by atoms with van der Waals surface area (Å²) >= 11 is 0. The third-order valence-electron chi connectivity index (χ3n) is 4.04. The number of nitrogens with zero attached hydrogens (tertiary/aromatic N) is 2. The van der Waals surface area contributed by atoms with E-state index in [1.807, 2.05) is 36.4 Å². The predicted octanol–water partition coefficient (Wildman–Crippen LogP) is 3.58. The highest BCUT2D eigenvalue weighted by molar-refractivity contribution is 5.91. The van der Waals surface area contributed by atoms with Crippen LogP contribution in [0.1, 0.15) is 44.2 Å². The molecule has 0 aliphatic carbocycles. The van der Waals surface area contributed by atoms with Gasteiger partial charge in [-0.25, -0.2) is 0 Å². The number of amides is 2. The molecule has 0 aliphatic rings. The van der Waals surface area contributed by atoms with Crippen molar-refractivity contribution in [3.8, 4) is 0 Å². The first-order valence-electron chi connectivity index (χ1n) is 8.50. The van der Waals surface area contributed by atoms with Gasteiger partial charge in [-0.2, -0.15) is 0 Å². The van der Waals surface area contributed by atoms with E-state index in [1.165, 1.54) is 12.5 Å². The van der Waals surface area contributed by atoms with E-state index >= 15 is 0 Å². The first kappa shape index (κ1) is 18.6. The Morgan fingerprint density at radius 1 is 1.08 bits per heavy atom. The number of nitrogens with one attached hydrogen (secondary N) is 1. The lowest BCUT2D eigenvalue weighted by atomic mass is 10.0. The van der Waals surface area contributed by atoms with Gasteiger partial charge in [-0.15, -0.1) is 0 Å². The molecule has 1 heterocycles. The Hall–Kier alpha value is -2.69. The van der Waals surface area contributed by atoms with Crippen LogP contribution in [0.2, 0.25) is 0 Å². The lowest BCUT2D eigenvalue weighted by Crippen LogP contribution is -2.31. The van der Waals surface area contributed by atoms with E-state index < -0.39 is 0 Å². The van der Waals surface area contributed by atoms with Crippen molar-refractivity contribution in [2.75, 3.05) is 11.9 Å². The minimum absolute atomic E-state index is 0.0501. The maximum absolute atomic E-state index is 12.2. The number of pyridine rings is 1. The molecule has 2 aromatic rings. The Bertz CT molecular complexity index is 697. The van der Waals surface area contributed by atoms with Crippen LogP contribution < -0.4 is 5.32 Å². The molecule has 1 aromatic carbocycles. The number of hydrogen-bond acceptors (Lipinski definition) is 3. The average Bonchev–Trinajstić information content (AvgIpc) is 2.59. The Kier molecular flexibility index (Phi) is 6.69. The fourth-order valence-electron chi connectivity index (χ4n) is 2.47. The number of hydrogen-bond donors (Lipinski definition) is 1. The lowest BCUT2D eigenvalue weighted by Gasteiger charge is -2.21. The number of carbonyl (C=O) groups is 2. The van der Waals surface area contributed by atoms with Gasteiger partial charge in [-0.1, -0.05) is 26.0 Å². The Morgan fingerprint density at radius 3 is 2.28 bits per heavy atom. The average molecular weight is 339 g/mol. The fourth-order valence-corrected chi connectivity index (χ4v) is 2.47. The van der Waals surface area contributed by atoms with E-state index in [9.17, 15) is 9.59 Å². The molecule has 1 aromatic heterocycles. The second-order valence-electron chi connectivity index (χ2n) is 6.37. The summed E-state index contributed by atoms with van der Waals surface area (Å²) in [5, 5.41) is 2.88. The zero-order valence-corrected chi connectivity index (χ0v) is 15.0. The molecule has 0 bridgehead atoms. The normalized spacial score (nSPS) is 10.6. The molecule has 5 nitrogen and oxygen atoms in total. The van der Waals surface area contributed by atoms with Crippen molar-refractivity contribution in [2.24, 2.45) is 0 Å². The fraction of sp³-hybridized carbons (Fsp3) is 0.350. The SMILES string of the molecule is CC(=O)N(CCC(=O)Nc1ccc(C(C)C)cc1)Cc1ccncc1. The summed E-state index contributed by atoms with van der Waals surface area (Å²) in [6, 6.07) is 11.6. The predicted molar refractivity (Wildman–Crippen MR) is 99.1 cm³/mol. The first-order valence-corrected chi connectivity index (χ1v) is 8.50. The maximum Gasteiger partial charge on any atom is 0.226 e. The van der Waals surface area contributed by atoms with E-state index in [2.05, 4.69) is 24.1 Å². The summed E-state index contributed by atoms with van der Waals surface area (Å²) in [6.45, 7) is 6.64. The molecule has 1 N–H and O–H groups in total. The van der Waals surface area contributed by atoms with E-state index in [-0.39, 0.29) is 18.2 Å². The topological polar surface area (TPSA) is 62.3 Å². The highest BCUT2D eigenvalue weighted by Gasteiger charge is 2.12. The molecule has 132 valence electrons. The van der Waals surface area contributed by atoms with Crippen molar-refractivity contribution in [1.82, 2.24) is 9.88 Å². The third-order valence-corrected chi connectivity index (χ3v) is 4.04. The van der Waals surface area contributed by atoms with Crippen LogP contribution in [0, 0.1) is 0 Å². The molecule has 0 spiro atoms. The van der Waals surface area contributed by atoms with Crippen molar-refractivity contribution >= 4 is 17.5 Å². The van der Waals surface area contributed by atoms with Gasteiger partial charge in [0.2, 0.25) is 11.8 Å². The molecule has 0 aliphatic heterocycles. The van der Waals surface area contributed by atoms with Crippen LogP contribution in [0.3, 0.4) is 0 Å². The molecule has 0 fully saturated rings. The molecule has 0 radical (unpaired) electrons. The summed E-state index contributed by atoms with van der Waals surface area (Å²) in [6.07, 6.45) is 3.65. The van der Waals surface area contributed by atoms with Gasteiger partial charge in [0.25, 0.3) is 0 Å². The monoisotopic (exact) mass is 339 g/mol. The summed E-state index contributed by atoms with van der Waals surface area (Å²) in [5.74, 6) is 0.311. The van der Waals surface area contributed by atoms with Gasteiger partial charge in [0.1, 0.15) is 0 Å². The van der Waals surface area contributed by atoms with Crippen molar-refractivity contribution in [1.29, 1.82) is 0 Å². The molecule has 0 saturated carbocycles. The van der Waals surface area contributed by atoms with E-state index in [0.29, 0.717) is 19.0 Å². The van der Waals surface area contributed by atoms with E-state index in [4.69, 9.17) is 0 Å². The zero-order valence-electron chi connectivity index (χ0n) is 15.0. The van der Waals surface area contributed by atoms with Crippen molar-refractivity contribution in [3.05, 3.63) is 59.9 Å². The van der Waals surface area contributed by atoms with Crippen molar-refractivity contribution < 1.29 is 9.59 Å². The van der Waals surface area contributed by atoms with E-state index in [0.717, 1.165) is 11.3 Å². The second-order valence-corrected chi connectivity index (χ2v) is 6.37. The minimum atomic E-state index is -0.0988. The molecule has 0 atom stereocenters. The molecule has 2 amide bonds. The molecular formula is C20H25N3O2. The molecule has 0 saturated heterocycles. The Labute approximate surface area is 149 Å². The molecular weight excluding hydrogens is 314 g/mol. The Balaban J connectivity index is 1.87. The van der Waals surface area contributed by atoms with Crippen LogP contribution >= 0.6 is 0 Å². The van der Waals surface area contributed by atoms with Crippen molar-refractivity contribution in [3.63, 3.8) is 0 Å². The summed E-state index contributed by atoms with van der Waals surface area (Å²) in [4.78, 5) is 29.6. The minimum Gasteiger partial charge on any atom is -0.338 e. The van der Waals surface area contributed by atoms with Crippen LogP contribution in [0.5, 0.6) is 0 Å². The van der Waals surface area contributed by atoms with Crippen LogP contribution in [0.25, 0.3) is 0 Å². The van der Waals surface area contributed by atoms with E-state index in [1.54, 1.807) is 17.3 Å². The number of rotatable bonds is 7. The van der Waals surface area contributed by atoms with Gasteiger partial charge in [-0.05, 0) is 41.3 Å². The molecule has 5 heteroatoms. The number of aromatic nitrogens is 1. The number of benzene rings is 1. The van der Waals surface area contributed by atoms with Crippen LogP contribution in [-0.4, -0.2) is 28.2 Å². The smallest absolute Gasteiger partial charge is 0.226 e. The number of carbonyl (C=O) groups excluding carboxylic acids is 2. The van der Waals surface area contributed by atoms with Crippen LogP contribution in [0.4, 0.5) is 5.69 Å². The van der Waals surface area contributed by atoms with Gasteiger partial charge in [0.15, 0.2) is 0 Å². The molecule has 25 heavy (non-hydrogen) atoms. The summed E-state index contributed by atoms with van der Waals surface area (Å²) in [7, 11) is 0. The van der Waals surface area contributed by atoms with Gasteiger partial charge in [0.05, 0.1) is 0 Å². The highest BCUT2D eigenvalue weighted by atomic mass is 16.2. The molecule has 2 rings (SSSR count). The van der Waals surface area contributed by atoms with Crippen LogP contribution in [-0.2, 0) is 16.1 Å². The summed E-state index contributed by atoms with van der Waals surface area (Å²) < 4.78 is 0. The summed E-state index contributed by atoms with van der Waals surface area (Å²) in [5.41, 5.74) is 3.01. The highest BCUT2D eigenvalue weighted by Crippen LogP contribution is 2.17.